The highest BCUT2D eigenvalue weighted by molar-refractivity contribution is 6.31. The highest BCUT2D eigenvalue weighted by atomic mass is 35.5. The first-order valence-electron chi connectivity index (χ1n) is 10.1. The number of benzene rings is 2. The van der Waals surface area contributed by atoms with E-state index in [-0.39, 0.29) is 30.1 Å². The molecule has 0 radical (unpaired) electrons. The van der Waals surface area contributed by atoms with Crippen LogP contribution in [0.5, 0.6) is 5.75 Å². The quantitative estimate of drug-likeness (QED) is 0.761. The first-order valence-corrected chi connectivity index (χ1v) is 10.5. The van der Waals surface area contributed by atoms with Crippen LogP contribution in [0, 0.1) is 5.82 Å². The van der Waals surface area contributed by atoms with Crippen molar-refractivity contribution in [2.75, 3.05) is 33.3 Å². The summed E-state index contributed by atoms with van der Waals surface area (Å²) in [6.45, 7) is 2.78. The lowest BCUT2D eigenvalue weighted by Gasteiger charge is -2.37. The maximum atomic E-state index is 14.0. The average Bonchev–Trinajstić information content (AvgIpc) is 3.27. The van der Waals surface area contributed by atoms with Gasteiger partial charge >= 0.3 is 0 Å². The maximum absolute atomic E-state index is 14.0. The van der Waals surface area contributed by atoms with Crippen molar-refractivity contribution in [1.82, 2.24) is 20.7 Å². The lowest BCUT2D eigenvalue weighted by atomic mass is 10.0. The zero-order valence-corrected chi connectivity index (χ0v) is 17.7. The predicted octanol–water partition coefficient (Wildman–Crippen LogP) is 2.74. The Morgan fingerprint density at radius 3 is 2.53 bits per heavy atom. The average molecular weight is 433 g/mol. The summed E-state index contributed by atoms with van der Waals surface area (Å²) in [7, 11) is 1.66. The molecule has 2 saturated heterocycles. The topological polar surface area (TPSA) is 56.8 Å². The molecule has 4 rings (SSSR count). The van der Waals surface area contributed by atoms with Gasteiger partial charge in [0.15, 0.2) is 0 Å². The van der Waals surface area contributed by atoms with Crippen LogP contribution in [0.1, 0.15) is 23.6 Å². The number of nitrogens with zero attached hydrogens (tertiary/aromatic N) is 2. The molecule has 6 nitrogen and oxygen atoms in total. The molecule has 2 fully saturated rings. The molecule has 0 saturated carbocycles. The van der Waals surface area contributed by atoms with Gasteiger partial charge in [0.05, 0.1) is 19.7 Å². The van der Waals surface area contributed by atoms with E-state index in [0.717, 1.165) is 25.3 Å². The number of hydrogen-bond donors (Lipinski definition) is 2. The molecule has 2 aliphatic rings. The van der Waals surface area contributed by atoms with Crippen molar-refractivity contribution in [2.24, 2.45) is 0 Å². The van der Waals surface area contributed by atoms with E-state index in [0.29, 0.717) is 18.1 Å². The number of halogens is 2. The summed E-state index contributed by atoms with van der Waals surface area (Å²) in [6, 6.07) is 12.8. The van der Waals surface area contributed by atoms with Crippen molar-refractivity contribution in [3.8, 4) is 5.75 Å². The first-order chi connectivity index (χ1) is 14.5. The summed E-state index contributed by atoms with van der Waals surface area (Å²) in [5.41, 5.74) is 8.23. The van der Waals surface area contributed by atoms with Crippen LogP contribution in [0.3, 0.4) is 0 Å². The van der Waals surface area contributed by atoms with Gasteiger partial charge in [0.1, 0.15) is 11.6 Å². The third-order valence-electron chi connectivity index (χ3n) is 5.90. The second-order valence-corrected chi connectivity index (χ2v) is 8.07. The second kappa shape index (κ2) is 9.31. The molecule has 2 unspecified atom stereocenters. The number of ether oxygens (including phenoxy) is 1. The number of hydrazine groups is 1. The number of nitrogens with one attached hydrogen (secondary N) is 2. The van der Waals surface area contributed by atoms with Gasteiger partial charge in [-0.1, -0.05) is 29.8 Å². The normalized spacial score (nSPS) is 22.3. The standard InChI is InChI=1S/C22H26ClFN4O2/c1-30-16-7-5-15(6-8-16)20-14-21(26-25-20)27-9-11-28(12-10-27)22(29)13-17-18(23)3-2-4-19(17)24/h2-8,20-21,25-26H,9-14H2,1H3. The molecule has 2 aromatic rings. The molecular weight excluding hydrogens is 407 g/mol. The monoisotopic (exact) mass is 432 g/mol. The van der Waals surface area contributed by atoms with E-state index in [4.69, 9.17) is 16.3 Å². The summed E-state index contributed by atoms with van der Waals surface area (Å²) in [6.07, 6.45) is 1.13. The molecule has 2 N–H and O–H groups in total. The Kier molecular flexibility index (Phi) is 6.53. The molecular formula is C22H26ClFN4O2. The number of carbonyl (C=O) groups is 1. The Morgan fingerprint density at radius 2 is 1.87 bits per heavy atom. The molecule has 160 valence electrons. The third-order valence-corrected chi connectivity index (χ3v) is 6.25. The first kappa shape index (κ1) is 21.1. The van der Waals surface area contributed by atoms with Crippen LogP contribution in [0.15, 0.2) is 42.5 Å². The van der Waals surface area contributed by atoms with Crippen LogP contribution >= 0.6 is 11.6 Å². The van der Waals surface area contributed by atoms with Crippen molar-refractivity contribution in [2.45, 2.75) is 25.0 Å². The molecule has 30 heavy (non-hydrogen) atoms. The molecule has 2 heterocycles. The van der Waals surface area contributed by atoms with Gasteiger partial charge in [-0.15, -0.1) is 0 Å². The minimum atomic E-state index is -0.430. The van der Waals surface area contributed by atoms with E-state index in [1.165, 1.54) is 11.6 Å². The van der Waals surface area contributed by atoms with Gasteiger partial charge in [-0.2, -0.15) is 0 Å². The van der Waals surface area contributed by atoms with E-state index in [2.05, 4.69) is 27.9 Å². The van der Waals surface area contributed by atoms with Crippen LogP contribution in [-0.4, -0.2) is 55.2 Å². The van der Waals surface area contributed by atoms with Gasteiger partial charge < -0.3 is 9.64 Å². The molecule has 2 aromatic carbocycles. The highest BCUT2D eigenvalue weighted by Crippen LogP contribution is 2.26. The second-order valence-electron chi connectivity index (χ2n) is 7.66. The fraction of sp³-hybridized carbons (Fsp3) is 0.409. The highest BCUT2D eigenvalue weighted by Gasteiger charge is 2.32. The molecule has 0 bridgehead atoms. The Hall–Kier alpha value is -2.19. The molecule has 0 aliphatic carbocycles. The lowest BCUT2D eigenvalue weighted by molar-refractivity contribution is -0.132. The largest absolute Gasteiger partial charge is 0.497 e. The summed E-state index contributed by atoms with van der Waals surface area (Å²) < 4.78 is 19.2. The minimum Gasteiger partial charge on any atom is -0.497 e. The van der Waals surface area contributed by atoms with Crippen LogP contribution in [0.2, 0.25) is 5.02 Å². The fourth-order valence-corrected chi connectivity index (χ4v) is 4.31. The number of carbonyl (C=O) groups excluding carboxylic acids is 1. The number of rotatable bonds is 5. The van der Waals surface area contributed by atoms with Gasteiger partial charge in [0.2, 0.25) is 5.91 Å². The van der Waals surface area contributed by atoms with Crippen molar-refractivity contribution >= 4 is 17.5 Å². The Balaban J connectivity index is 1.29. The number of hydrogen-bond acceptors (Lipinski definition) is 5. The number of methoxy groups -OCH3 is 1. The van der Waals surface area contributed by atoms with Crippen molar-refractivity contribution < 1.29 is 13.9 Å². The minimum absolute atomic E-state index is 0.00567. The van der Waals surface area contributed by atoms with Gasteiger partial charge in [-0.05, 0) is 36.2 Å². The van der Waals surface area contributed by atoms with Crippen molar-refractivity contribution in [3.05, 3.63) is 64.4 Å². The lowest BCUT2D eigenvalue weighted by Crippen LogP contribution is -2.55. The van der Waals surface area contributed by atoms with Crippen molar-refractivity contribution in [3.63, 3.8) is 0 Å². The van der Waals surface area contributed by atoms with Gasteiger partial charge in [-0.3, -0.25) is 9.69 Å². The smallest absolute Gasteiger partial charge is 0.227 e. The molecule has 0 aromatic heterocycles. The van der Waals surface area contributed by atoms with Crippen LogP contribution in [-0.2, 0) is 11.2 Å². The Morgan fingerprint density at radius 1 is 1.13 bits per heavy atom. The molecule has 8 heteroatoms. The Bertz CT molecular complexity index is 867. The van der Waals surface area contributed by atoms with E-state index < -0.39 is 5.82 Å². The predicted molar refractivity (Wildman–Crippen MR) is 114 cm³/mol. The zero-order valence-electron chi connectivity index (χ0n) is 16.9. The molecule has 2 aliphatic heterocycles. The Labute approximate surface area is 180 Å². The summed E-state index contributed by atoms with van der Waals surface area (Å²) in [5.74, 6) is 0.328. The van der Waals surface area contributed by atoms with Crippen LogP contribution in [0.4, 0.5) is 4.39 Å². The van der Waals surface area contributed by atoms with Crippen molar-refractivity contribution in [1.29, 1.82) is 0 Å². The van der Waals surface area contributed by atoms with E-state index in [1.54, 1.807) is 24.1 Å². The van der Waals surface area contributed by atoms with Gasteiger partial charge in [0.25, 0.3) is 0 Å². The fourth-order valence-electron chi connectivity index (χ4n) is 4.08. The molecule has 0 spiro atoms. The van der Waals surface area contributed by atoms with Gasteiger partial charge in [-0.25, -0.2) is 15.2 Å². The zero-order chi connectivity index (χ0) is 21.1. The number of amides is 1. The van der Waals surface area contributed by atoms with E-state index >= 15 is 0 Å². The van der Waals surface area contributed by atoms with E-state index in [9.17, 15) is 9.18 Å². The summed E-state index contributed by atoms with van der Waals surface area (Å²) >= 11 is 6.06. The molecule has 2 atom stereocenters. The van der Waals surface area contributed by atoms with Gasteiger partial charge in [0, 0.05) is 42.8 Å². The maximum Gasteiger partial charge on any atom is 0.227 e. The molecule has 1 amide bonds. The SMILES string of the molecule is COc1ccc(C2CC(N3CCN(C(=O)Cc4c(F)cccc4Cl)CC3)NN2)cc1. The van der Waals surface area contributed by atoms with Crippen LogP contribution in [0.25, 0.3) is 0 Å². The van der Waals surface area contributed by atoms with E-state index in [1.807, 2.05) is 12.1 Å². The third kappa shape index (κ3) is 4.59. The summed E-state index contributed by atoms with van der Waals surface area (Å²) in [4.78, 5) is 16.8. The van der Waals surface area contributed by atoms with Crippen LogP contribution < -0.4 is 15.6 Å². The number of piperazine rings is 1. The summed E-state index contributed by atoms with van der Waals surface area (Å²) in [5, 5.41) is 0.299.